The van der Waals surface area contributed by atoms with Gasteiger partial charge >= 0.3 is 0 Å². The maximum Gasteiger partial charge on any atom is 0.120 e. The molecule has 21 heavy (non-hydrogen) atoms. The van der Waals surface area contributed by atoms with Gasteiger partial charge in [-0.1, -0.05) is 28.1 Å². The van der Waals surface area contributed by atoms with Crippen LogP contribution in [-0.2, 0) is 0 Å². The Morgan fingerprint density at radius 1 is 0.905 bits per heavy atom. The lowest BCUT2D eigenvalue weighted by molar-refractivity contribution is 0.243. The zero-order valence-corrected chi connectivity index (χ0v) is 14.4. The number of unbranched alkanes of at least 4 members (excludes halogenated alkanes) is 2. The molecule has 0 aliphatic heterocycles. The van der Waals surface area contributed by atoms with Crippen molar-refractivity contribution in [3.05, 3.63) is 36.4 Å². The van der Waals surface area contributed by atoms with Crippen molar-refractivity contribution < 1.29 is 9.47 Å². The van der Waals surface area contributed by atoms with Crippen molar-refractivity contribution in [1.82, 2.24) is 0 Å². The number of hydrogen-bond donors (Lipinski definition) is 0. The minimum absolute atomic E-state index is 0.199. The predicted molar refractivity (Wildman–Crippen MR) is 92.9 cm³/mol. The molecule has 0 aromatic heterocycles. The van der Waals surface area contributed by atoms with E-state index in [0.29, 0.717) is 0 Å². The number of ether oxygens (including phenoxy) is 2. The number of fused-ring (bicyclic) bond motifs is 1. The Morgan fingerprint density at radius 2 is 1.57 bits per heavy atom. The molecular weight excluding hydrogens is 328 g/mol. The van der Waals surface area contributed by atoms with Crippen LogP contribution in [0.5, 0.6) is 11.5 Å². The van der Waals surface area contributed by atoms with E-state index in [9.17, 15) is 0 Å². The van der Waals surface area contributed by atoms with Crippen LogP contribution in [0.4, 0.5) is 0 Å². The number of rotatable bonds is 8. The summed E-state index contributed by atoms with van der Waals surface area (Å²) in [5.41, 5.74) is 0. The summed E-state index contributed by atoms with van der Waals surface area (Å²) >= 11 is 3.44. The molecular formula is C18H23BrO2. The van der Waals surface area contributed by atoms with Gasteiger partial charge in [0.05, 0.1) is 12.7 Å². The number of alkyl halides is 1. The van der Waals surface area contributed by atoms with E-state index in [1.165, 1.54) is 23.6 Å². The van der Waals surface area contributed by atoms with Crippen molar-refractivity contribution in [2.75, 3.05) is 11.9 Å². The van der Waals surface area contributed by atoms with Crippen molar-refractivity contribution in [1.29, 1.82) is 0 Å². The quantitative estimate of drug-likeness (QED) is 0.457. The normalized spacial score (nSPS) is 11.0. The molecule has 0 amide bonds. The highest BCUT2D eigenvalue weighted by Crippen LogP contribution is 2.25. The summed E-state index contributed by atoms with van der Waals surface area (Å²) in [6, 6.07) is 12.4. The summed E-state index contributed by atoms with van der Waals surface area (Å²) in [5.74, 6) is 1.86. The summed E-state index contributed by atoms with van der Waals surface area (Å²) in [7, 11) is 0. The van der Waals surface area contributed by atoms with Crippen LogP contribution in [0.2, 0.25) is 0 Å². The Kier molecular flexibility index (Phi) is 6.37. The van der Waals surface area contributed by atoms with E-state index in [0.717, 1.165) is 29.9 Å². The summed E-state index contributed by atoms with van der Waals surface area (Å²) < 4.78 is 11.5. The lowest BCUT2D eigenvalue weighted by Crippen LogP contribution is -2.05. The highest BCUT2D eigenvalue weighted by Gasteiger charge is 2.02. The maximum atomic E-state index is 5.81. The Morgan fingerprint density at radius 3 is 2.24 bits per heavy atom. The SMILES string of the molecule is CC(C)Oc1ccc2cc(OCCCCCBr)ccc2c1. The second kappa shape index (κ2) is 8.28. The standard InChI is InChI=1S/C18H23BrO2/c1-14(2)21-18-9-7-15-12-17(8-6-16(15)13-18)20-11-5-3-4-10-19/h6-9,12-14H,3-5,10-11H2,1-2H3. The molecule has 0 aliphatic carbocycles. The van der Waals surface area contributed by atoms with Gasteiger partial charge in [0.2, 0.25) is 0 Å². The lowest BCUT2D eigenvalue weighted by atomic mass is 10.1. The van der Waals surface area contributed by atoms with Gasteiger partial charge in [-0.2, -0.15) is 0 Å². The van der Waals surface area contributed by atoms with E-state index in [1.54, 1.807) is 0 Å². The van der Waals surface area contributed by atoms with Crippen LogP contribution in [0.25, 0.3) is 10.8 Å². The first kappa shape index (κ1) is 16.2. The fourth-order valence-electron chi connectivity index (χ4n) is 2.20. The van der Waals surface area contributed by atoms with Crippen molar-refractivity contribution >= 4 is 26.7 Å². The van der Waals surface area contributed by atoms with Crippen LogP contribution in [0.1, 0.15) is 33.1 Å². The number of hydrogen-bond acceptors (Lipinski definition) is 2. The van der Waals surface area contributed by atoms with Crippen molar-refractivity contribution in [3.8, 4) is 11.5 Å². The molecule has 0 N–H and O–H groups in total. The molecule has 2 aromatic carbocycles. The summed E-state index contributed by atoms with van der Waals surface area (Å²) in [5, 5.41) is 3.44. The van der Waals surface area contributed by atoms with Gasteiger partial charge in [-0.05, 0) is 68.1 Å². The fourth-order valence-corrected chi connectivity index (χ4v) is 2.60. The first-order chi connectivity index (χ1) is 10.2. The molecule has 0 bridgehead atoms. The van der Waals surface area contributed by atoms with Crippen LogP contribution in [0.15, 0.2) is 36.4 Å². The van der Waals surface area contributed by atoms with Gasteiger partial charge in [0.25, 0.3) is 0 Å². The molecule has 0 radical (unpaired) electrons. The molecule has 0 aliphatic rings. The Labute approximate surface area is 135 Å². The fraction of sp³-hybridized carbons (Fsp3) is 0.444. The molecule has 114 valence electrons. The van der Waals surface area contributed by atoms with Crippen molar-refractivity contribution in [3.63, 3.8) is 0 Å². The summed E-state index contributed by atoms with van der Waals surface area (Å²) in [4.78, 5) is 0. The molecule has 0 spiro atoms. The molecule has 3 heteroatoms. The summed E-state index contributed by atoms with van der Waals surface area (Å²) in [6.45, 7) is 4.86. The lowest BCUT2D eigenvalue weighted by Gasteiger charge is -2.11. The first-order valence-electron chi connectivity index (χ1n) is 7.58. The molecule has 0 fully saturated rings. The minimum atomic E-state index is 0.199. The van der Waals surface area contributed by atoms with Gasteiger partial charge in [-0.3, -0.25) is 0 Å². The molecule has 2 nitrogen and oxygen atoms in total. The molecule has 0 saturated carbocycles. The monoisotopic (exact) mass is 350 g/mol. The smallest absolute Gasteiger partial charge is 0.120 e. The average molecular weight is 351 g/mol. The minimum Gasteiger partial charge on any atom is -0.494 e. The van der Waals surface area contributed by atoms with Crippen LogP contribution < -0.4 is 9.47 Å². The Bertz CT molecular complexity index is 566. The highest BCUT2D eigenvalue weighted by molar-refractivity contribution is 9.09. The van der Waals surface area contributed by atoms with Crippen LogP contribution in [0, 0.1) is 0 Å². The van der Waals surface area contributed by atoms with Crippen molar-refractivity contribution in [2.24, 2.45) is 0 Å². The van der Waals surface area contributed by atoms with E-state index in [4.69, 9.17) is 9.47 Å². The van der Waals surface area contributed by atoms with Crippen molar-refractivity contribution in [2.45, 2.75) is 39.2 Å². The van der Waals surface area contributed by atoms with E-state index in [-0.39, 0.29) is 6.10 Å². The maximum absolute atomic E-state index is 5.81. The van der Waals surface area contributed by atoms with Gasteiger partial charge in [-0.25, -0.2) is 0 Å². The van der Waals surface area contributed by atoms with E-state index in [1.807, 2.05) is 26.0 Å². The summed E-state index contributed by atoms with van der Waals surface area (Å²) in [6.07, 6.45) is 3.71. The Balaban J connectivity index is 1.98. The predicted octanol–water partition coefficient (Wildman–Crippen LogP) is 5.57. The third-order valence-electron chi connectivity index (χ3n) is 3.20. The molecule has 2 rings (SSSR count). The number of benzene rings is 2. The van der Waals surface area contributed by atoms with Gasteiger partial charge in [0.15, 0.2) is 0 Å². The molecule has 2 aromatic rings. The largest absolute Gasteiger partial charge is 0.494 e. The zero-order chi connectivity index (χ0) is 15.1. The van der Waals surface area contributed by atoms with Crippen LogP contribution in [-0.4, -0.2) is 18.0 Å². The Hall–Kier alpha value is -1.22. The molecule has 0 saturated heterocycles. The second-order valence-electron chi connectivity index (χ2n) is 5.44. The first-order valence-corrected chi connectivity index (χ1v) is 8.70. The van der Waals surface area contributed by atoms with Gasteiger partial charge in [0, 0.05) is 5.33 Å². The molecule has 0 unspecified atom stereocenters. The van der Waals surface area contributed by atoms with E-state index in [2.05, 4.69) is 40.2 Å². The molecule has 0 heterocycles. The van der Waals surface area contributed by atoms with E-state index >= 15 is 0 Å². The zero-order valence-electron chi connectivity index (χ0n) is 12.8. The van der Waals surface area contributed by atoms with Gasteiger partial charge < -0.3 is 9.47 Å². The van der Waals surface area contributed by atoms with Gasteiger partial charge in [-0.15, -0.1) is 0 Å². The van der Waals surface area contributed by atoms with Crippen LogP contribution >= 0.6 is 15.9 Å². The molecule has 0 atom stereocenters. The third-order valence-corrected chi connectivity index (χ3v) is 3.76. The highest BCUT2D eigenvalue weighted by atomic mass is 79.9. The topological polar surface area (TPSA) is 18.5 Å². The average Bonchev–Trinajstić information content (AvgIpc) is 2.46. The van der Waals surface area contributed by atoms with Gasteiger partial charge in [0.1, 0.15) is 11.5 Å². The third kappa shape index (κ3) is 5.24. The van der Waals surface area contributed by atoms with Crippen LogP contribution in [0.3, 0.4) is 0 Å². The van der Waals surface area contributed by atoms with E-state index < -0.39 is 0 Å². The number of halogens is 1. The second-order valence-corrected chi connectivity index (χ2v) is 6.23.